The highest BCUT2D eigenvalue weighted by Crippen LogP contribution is 2.53. The fourth-order valence-electron chi connectivity index (χ4n) is 0.978. The smallest absolute Gasteiger partial charge is 0.282 e. The third-order valence-corrected chi connectivity index (χ3v) is 6.49. The molecule has 1 N–H and O–H groups in total. The van der Waals surface area contributed by atoms with E-state index in [0.717, 1.165) is 5.56 Å². The van der Waals surface area contributed by atoms with E-state index in [2.05, 4.69) is 44.1 Å². The lowest BCUT2D eigenvalue weighted by Gasteiger charge is -2.08. The van der Waals surface area contributed by atoms with Crippen LogP contribution in [0.5, 0.6) is 0 Å². The van der Waals surface area contributed by atoms with E-state index in [1.54, 1.807) is 12.1 Å². The van der Waals surface area contributed by atoms with Crippen LogP contribution in [0, 0.1) is 6.92 Å². The molecule has 3 nitrogen and oxygen atoms in total. The lowest BCUT2D eigenvalue weighted by molar-refractivity contribution is 0.484. The van der Waals surface area contributed by atoms with E-state index >= 15 is 0 Å². The molecule has 14 heavy (non-hydrogen) atoms. The minimum Gasteiger partial charge on any atom is -0.282 e. The van der Waals surface area contributed by atoms with Gasteiger partial charge in [0.25, 0.3) is 10.1 Å². The predicted molar refractivity (Wildman–Crippen MR) is 75.6 cm³/mol. The molecule has 0 bridgehead atoms. The van der Waals surface area contributed by atoms with Crippen LogP contribution in [0.3, 0.4) is 0 Å². The molecule has 0 aromatic heterocycles. The van der Waals surface area contributed by atoms with Gasteiger partial charge in [-0.1, -0.05) is 11.6 Å². The van der Waals surface area contributed by atoms with Gasteiger partial charge in [0, 0.05) is 5.30 Å². The van der Waals surface area contributed by atoms with E-state index in [4.69, 9.17) is 4.55 Å². The summed E-state index contributed by atoms with van der Waals surface area (Å²) >= 11 is 4.33. The van der Waals surface area contributed by atoms with Crippen molar-refractivity contribution in [3.8, 4) is 0 Å². The van der Waals surface area contributed by atoms with Gasteiger partial charge in [0.1, 0.15) is 4.90 Å². The second kappa shape index (κ2) is 4.90. The molecule has 7 heteroatoms. The molecule has 0 spiro atoms. The molecule has 0 radical (unpaired) electrons. The van der Waals surface area contributed by atoms with Gasteiger partial charge in [-0.2, -0.15) is 8.42 Å². The summed E-state index contributed by atoms with van der Waals surface area (Å²) in [5, 5.41) is 0.698. The topological polar surface area (TPSA) is 54.4 Å². The third-order valence-electron chi connectivity index (χ3n) is 1.57. The molecule has 1 aromatic rings. The van der Waals surface area contributed by atoms with Gasteiger partial charge in [-0.3, -0.25) is 4.55 Å². The van der Waals surface area contributed by atoms with Crippen LogP contribution < -0.4 is 5.30 Å². The molecule has 78 valence electrons. The predicted octanol–water partition coefficient (Wildman–Crippen LogP) is 3.05. The quantitative estimate of drug-likeness (QED) is 0.423. The van der Waals surface area contributed by atoms with Gasteiger partial charge >= 0.3 is 0 Å². The van der Waals surface area contributed by atoms with Crippen LogP contribution in [-0.4, -0.2) is 13.0 Å². The van der Waals surface area contributed by atoms with Crippen molar-refractivity contribution in [2.45, 2.75) is 11.8 Å². The Kier molecular flexibility index (Phi) is 4.58. The molecular formula is C7H7I2O3PS. The van der Waals surface area contributed by atoms with Crippen LogP contribution >= 0.6 is 47.3 Å². The van der Waals surface area contributed by atoms with Crippen molar-refractivity contribution in [2.75, 3.05) is 0 Å². The Morgan fingerprint density at radius 2 is 1.93 bits per heavy atom. The second-order valence-corrected chi connectivity index (χ2v) is 16.3. The fraction of sp³-hybridized carbons (Fsp3) is 0.143. The highest BCUT2D eigenvalue weighted by molar-refractivity contribution is 14.3. The average molecular weight is 456 g/mol. The van der Waals surface area contributed by atoms with Crippen molar-refractivity contribution in [1.29, 1.82) is 0 Å². The number of rotatable bonds is 2. The summed E-state index contributed by atoms with van der Waals surface area (Å²) < 4.78 is 30.4. The first kappa shape index (κ1) is 13.1. The van der Waals surface area contributed by atoms with E-state index in [9.17, 15) is 8.42 Å². The minimum atomic E-state index is -4.09. The lowest BCUT2D eigenvalue weighted by atomic mass is 10.2. The Morgan fingerprint density at radius 1 is 1.36 bits per heavy atom. The summed E-state index contributed by atoms with van der Waals surface area (Å²) in [7, 11) is -4.09. The summed E-state index contributed by atoms with van der Waals surface area (Å²) in [6, 6.07) is 4.93. The monoisotopic (exact) mass is 456 g/mol. The van der Waals surface area contributed by atoms with Crippen molar-refractivity contribution < 1.29 is 13.0 Å². The van der Waals surface area contributed by atoms with Gasteiger partial charge in [0.15, 0.2) is 0 Å². The lowest BCUT2D eigenvalue weighted by Crippen LogP contribution is -2.11. The molecule has 0 aliphatic heterocycles. The van der Waals surface area contributed by atoms with Crippen LogP contribution in [0.15, 0.2) is 23.1 Å². The molecule has 0 heterocycles. The second-order valence-electron chi connectivity index (χ2n) is 2.68. The zero-order chi connectivity index (χ0) is 10.9. The van der Waals surface area contributed by atoms with Crippen LogP contribution in [0.1, 0.15) is 5.56 Å². The fourth-order valence-corrected chi connectivity index (χ4v) is 6.08. The number of hydrogen-bond acceptors (Lipinski definition) is 2. The van der Waals surface area contributed by atoms with E-state index in [1.807, 2.05) is 6.92 Å². The number of aryl methyl sites for hydroxylation is 1. The summed E-state index contributed by atoms with van der Waals surface area (Å²) in [4.78, 5) is 0.0259. The highest BCUT2D eigenvalue weighted by atomic mass is 127. The SMILES string of the molecule is Cc1ccc(S(=O)(=O)O)c(P(I)I)c1. The van der Waals surface area contributed by atoms with Crippen molar-refractivity contribution in [2.24, 2.45) is 0 Å². The van der Waals surface area contributed by atoms with Crippen molar-refractivity contribution in [1.82, 2.24) is 0 Å². The Balaban J connectivity index is 3.45. The zero-order valence-corrected chi connectivity index (χ0v) is 13.1. The maximum atomic E-state index is 11.0. The van der Waals surface area contributed by atoms with Crippen molar-refractivity contribution in [3.63, 3.8) is 0 Å². The van der Waals surface area contributed by atoms with Crippen molar-refractivity contribution in [3.05, 3.63) is 23.8 Å². The largest absolute Gasteiger partial charge is 0.295 e. The van der Waals surface area contributed by atoms with Gasteiger partial charge < -0.3 is 0 Å². The first-order valence-electron chi connectivity index (χ1n) is 3.52. The molecule has 1 aromatic carbocycles. The average Bonchev–Trinajstić information content (AvgIpc) is 2.01. The number of benzene rings is 1. The molecule has 0 amide bonds. The van der Waals surface area contributed by atoms with Gasteiger partial charge in [0.05, 0.1) is 3.21 Å². The zero-order valence-electron chi connectivity index (χ0n) is 7.11. The summed E-state index contributed by atoms with van der Waals surface area (Å²) in [5.74, 6) is 0. The van der Waals surface area contributed by atoms with E-state index < -0.39 is 13.3 Å². The highest BCUT2D eigenvalue weighted by Gasteiger charge is 2.18. The molecular weight excluding hydrogens is 449 g/mol. The van der Waals surface area contributed by atoms with Crippen molar-refractivity contribution >= 4 is 62.7 Å². The Bertz CT molecular complexity index is 444. The molecule has 0 saturated heterocycles. The van der Waals surface area contributed by atoms with Gasteiger partial charge in [0.2, 0.25) is 0 Å². The van der Waals surface area contributed by atoms with E-state index in [1.165, 1.54) is 6.07 Å². The Hall–Kier alpha value is 1.02. The molecule has 0 aliphatic rings. The normalized spacial score (nSPS) is 12.1. The number of hydrogen-bond donors (Lipinski definition) is 1. The summed E-state index contributed by atoms with van der Waals surface area (Å²) in [6.07, 6.45) is 0. The molecule has 0 atom stereocenters. The number of halogens is 2. The maximum Gasteiger partial charge on any atom is 0.295 e. The van der Waals surface area contributed by atoms with E-state index in [0.29, 0.717) is 5.30 Å². The minimum absolute atomic E-state index is 0.0259. The van der Waals surface area contributed by atoms with Crippen LogP contribution in [0.25, 0.3) is 0 Å². The molecule has 0 aliphatic carbocycles. The van der Waals surface area contributed by atoms with Crippen LogP contribution in [-0.2, 0) is 10.1 Å². The summed E-state index contributed by atoms with van der Waals surface area (Å²) in [5.41, 5.74) is 0.994. The molecule has 0 fully saturated rings. The first-order valence-corrected chi connectivity index (χ1v) is 11.9. The summed E-state index contributed by atoms with van der Waals surface area (Å²) in [6.45, 7) is 1.89. The van der Waals surface area contributed by atoms with Gasteiger partial charge in [-0.05, 0) is 63.1 Å². The Morgan fingerprint density at radius 3 is 2.36 bits per heavy atom. The van der Waals surface area contributed by atoms with Gasteiger partial charge in [-0.25, -0.2) is 0 Å². The van der Waals surface area contributed by atoms with Crippen LogP contribution in [0.4, 0.5) is 0 Å². The first-order chi connectivity index (χ1) is 6.32. The standard InChI is InChI=1S/C7H7I2O3PS/c1-5-2-3-7(14(10,11)12)6(4-5)13(8)9/h2-4H,1H3,(H,10,11,12). The van der Waals surface area contributed by atoms with E-state index in [-0.39, 0.29) is 4.90 Å². The Labute approximate surface area is 110 Å². The molecule has 0 unspecified atom stereocenters. The van der Waals surface area contributed by atoms with Crippen LogP contribution in [0.2, 0.25) is 0 Å². The molecule has 1 rings (SSSR count). The van der Waals surface area contributed by atoms with Gasteiger partial charge in [-0.15, -0.1) is 0 Å². The molecule has 0 saturated carbocycles. The third kappa shape index (κ3) is 3.26. The maximum absolute atomic E-state index is 11.0.